The number of aromatic hydroxyl groups is 1. The van der Waals surface area contributed by atoms with Crippen LogP contribution in [0.4, 0.5) is 0 Å². The molecule has 0 aliphatic heterocycles. The lowest BCUT2D eigenvalue weighted by molar-refractivity contribution is -0.153. The molecule has 1 fully saturated rings. The van der Waals surface area contributed by atoms with Crippen molar-refractivity contribution < 1.29 is 34.8 Å². The van der Waals surface area contributed by atoms with E-state index in [-0.39, 0.29) is 23.3 Å². The molecule has 4 rings (SSSR count). The molecule has 0 spiro atoms. The minimum absolute atomic E-state index is 0.0931. The van der Waals surface area contributed by atoms with Crippen LogP contribution in [0.1, 0.15) is 49.3 Å². The molecule has 9 nitrogen and oxygen atoms in total. The Morgan fingerprint density at radius 2 is 1.86 bits per heavy atom. The average molecular weight is 485 g/mol. The molecule has 9 heteroatoms. The van der Waals surface area contributed by atoms with Gasteiger partial charge in [0.2, 0.25) is 5.78 Å². The van der Waals surface area contributed by atoms with E-state index in [0.717, 1.165) is 36.8 Å². The lowest BCUT2D eigenvalue weighted by Crippen LogP contribution is -2.65. The summed E-state index contributed by atoms with van der Waals surface area (Å²) in [5.74, 6) is -6.33. The Kier molecular flexibility index (Phi) is 6.27. The first-order chi connectivity index (χ1) is 16.5. The second-order valence-electron chi connectivity index (χ2n) is 10.0. The fraction of sp³-hybridized carbons (Fsp3) is 0.500. The van der Waals surface area contributed by atoms with Gasteiger partial charge in [-0.15, -0.1) is 0 Å². The smallest absolute Gasteiger partial charge is 0.255 e. The third-order valence-corrected chi connectivity index (χ3v) is 7.75. The van der Waals surface area contributed by atoms with Crippen molar-refractivity contribution in [1.29, 1.82) is 0 Å². The summed E-state index contributed by atoms with van der Waals surface area (Å²) >= 11 is 0. The number of ketones is 2. The third kappa shape index (κ3) is 3.56. The number of rotatable bonds is 6. The summed E-state index contributed by atoms with van der Waals surface area (Å²) in [6.45, 7) is 2.10. The number of carbonyl (C=O) groups is 3. The standard InChI is InChI=1S/C26H32N2O7/c1-4-5-6-7-12-8-9-16(29)18-14(12)10-13-11-15-20(28(2)3)22(31)19(25(27)34)24(33)26(15,35)23(32)17(13)21(18)30/h8-9,13,15,20,29-30,33,35H,4-7,10-11H2,1-3H3,(H2,27,34)/t13-,15+,20?,26+/m1/s1. The van der Waals surface area contributed by atoms with Crippen LogP contribution in [-0.4, -0.2) is 68.5 Å². The molecule has 1 saturated carbocycles. The van der Waals surface area contributed by atoms with Crippen molar-refractivity contribution in [2.24, 2.45) is 17.6 Å². The van der Waals surface area contributed by atoms with E-state index in [1.54, 1.807) is 14.1 Å². The van der Waals surface area contributed by atoms with Crippen molar-refractivity contribution in [2.75, 3.05) is 14.1 Å². The highest BCUT2D eigenvalue weighted by molar-refractivity contribution is 6.24. The van der Waals surface area contributed by atoms with E-state index in [2.05, 4.69) is 6.92 Å². The van der Waals surface area contributed by atoms with E-state index in [1.165, 1.54) is 11.0 Å². The zero-order valence-electron chi connectivity index (χ0n) is 20.2. The fourth-order valence-corrected chi connectivity index (χ4v) is 6.11. The van der Waals surface area contributed by atoms with Gasteiger partial charge in [-0.05, 0) is 62.9 Å². The predicted molar refractivity (Wildman–Crippen MR) is 127 cm³/mol. The molecular weight excluding hydrogens is 452 g/mol. The Balaban J connectivity index is 1.91. The van der Waals surface area contributed by atoms with Gasteiger partial charge in [0.25, 0.3) is 5.91 Å². The highest BCUT2D eigenvalue weighted by Crippen LogP contribution is 2.53. The van der Waals surface area contributed by atoms with E-state index in [1.807, 2.05) is 6.07 Å². The maximum absolute atomic E-state index is 13.8. The number of aliphatic hydroxyl groups is 3. The maximum atomic E-state index is 13.8. The Labute approximate surface area is 203 Å². The van der Waals surface area contributed by atoms with Crippen LogP contribution in [0.25, 0.3) is 5.76 Å². The summed E-state index contributed by atoms with van der Waals surface area (Å²) < 4.78 is 0. The Morgan fingerprint density at radius 3 is 2.46 bits per heavy atom. The molecule has 3 aliphatic rings. The van der Waals surface area contributed by atoms with E-state index in [0.29, 0.717) is 6.42 Å². The van der Waals surface area contributed by atoms with Gasteiger partial charge in [-0.25, -0.2) is 0 Å². The molecule has 6 N–H and O–H groups in total. The zero-order valence-corrected chi connectivity index (χ0v) is 20.2. The monoisotopic (exact) mass is 484 g/mol. The number of likely N-dealkylation sites (N-methyl/N-ethyl adjacent to an activating group) is 1. The number of hydrogen-bond donors (Lipinski definition) is 5. The summed E-state index contributed by atoms with van der Waals surface area (Å²) in [6, 6.07) is 2.22. The van der Waals surface area contributed by atoms with Gasteiger partial charge in [0.05, 0.1) is 11.6 Å². The first-order valence-corrected chi connectivity index (χ1v) is 11.9. The first kappa shape index (κ1) is 24.9. The SMILES string of the molecule is CCCCCc1ccc(O)c2c1C[C@@H]1C[C@H]3C(N(C)C)C(=O)C(C(N)=O)=C(O)[C@@]3(O)C(=O)C1=C2O. The van der Waals surface area contributed by atoms with Gasteiger partial charge in [0, 0.05) is 11.5 Å². The highest BCUT2D eigenvalue weighted by atomic mass is 16.3. The lowest BCUT2D eigenvalue weighted by Gasteiger charge is -2.50. The second-order valence-corrected chi connectivity index (χ2v) is 10.0. The highest BCUT2D eigenvalue weighted by Gasteiger charge is 2.64. The number of unbranched alkanes of at least 4 members (excludes halogenated alkanes) is 2. The Bertz CT molecular complexity index is 1180. The number of nitrogens with zero attached hydrogens (tertiary/aromatic N) is 1. The van der Waals surface area contributed by atoms with Crippen LogP contribution in [0.15, 0.2) is 29.0 Å². The molecule has 0 saturated heterocycles. The molecule has 1 aromatic carbocycles. The van der Waals surface area contributed by atoms with Crippen molar-refractivity contribution in [3.63, 3.8) is 0 Å². The van der Waals surface area contributed by atoms with Crippen molar-refractivity contribution in [2.45, 2.75) is 57.1 Å². The third-order valence-electron chi connectivity index (χ3n) is 7.75. The number of benzene rings is 1. The number of aryl methyl sites for hydroxylation is 1. The summed E-state index contributed by atoms with van der Waals surface area (Å²) in [5, 5.41) is 44.2. The maximum Gasteiger partial charge on any atom is 0.255 e. The Hall–Kier alpha value is -3.17. The topological polar surface area (TPSA) is 161 Å². The van der Waals surface area contributed by atoms with Crippen molar-refractivity contribution >= 4 is 23.2 Å². The van der Waals surface area contributed by atoms with Crippen LogP contribution in [0.5, 0.6) is 5.75 Å². The number of hydrogen-bond acceptors (Lipinski definition) is 8. The number of aliphatic hydroxyl groups excluding tert-OH is 2. The minimum Gasteiger partial charge on any atom is -0.508 e. The number of amides is 1. The van der Waals surface area contributed by atoms with Crippen LogP contribution >= 0.6 is 0 Å². The van der Waals surface area contributed by atoms with E-state index in [9.17, 15) is 34.8 Å². The Morgan fingerprint density at radius 1 is 1.17 bits per heavy atom. The van der Waals surface area contributed by atoms with Crippen LogP contribution in [0, 0.1) is 11.8 Å². The number of nitrogens with two attached hydrogens (primary N) is 1. The molecular formula is C26H32N2O7. The fourth-order valence-electron chi connectivity index (χ4n) is 6.11. The van der Waals surface area contributed by atoms with Crippen molar-refractivity contribution in [3.05, 3.63) is 45.7 Å². The van der Waals surface area contributed by atoms with Gasteiger partial charge in [-0.2, -0.15) is 0 Å². The van der Waals surface area contributed by atoms with Gasteiger partial charge in [-0.3, -0.25) is 19.3 Å². The molecule has 0 heterocycles. The number of phenolic OH excluding ortho intramolecular Hbond substituents is 1. The largest absolute Gasteiger partial charge is 0.508 e. The van der Waals surface area contributed by atoms with Gasteiger partial charge in [0.15, 0.2) is 11.4 Å². The van der Waals surface area contributed by atoms with Crippen molar-refractivity contribution in [3.8, 4) is 5.75 Å². The summed E-state index contributed by atoms with van der Waals surface area (Å²) in [7, 11) is 3.16. The normalized spacial score (nSPS) is 28.2. The summed E-state index contributed by atoms with van der Waals surface area (Å²) in [5.41, 5.74) is 3.64. The van der Waals surface area contributed by atoms with Gasteiger partial charge < -0.3 is 26.2 Å². The van der Waals surface area contributed by atoms with Gasteiger partial charge in [-0.1, -0.05) is 25.8 Å². The van der Waals surface area contributed by atoms with Crippen LogP contribution in [-0.2, 0) is 27.2 Å². The molecule has 0 radical (unpaired) electrons. The summed E-state index contributed by atoms with van der Waals surface area (Å²) in [6.07, 6.45) is 4.16. The molecule has 35 heavy (non-hydrogen) atoms. The van der Waals surface area contributed by atoms with Gasteiger partial charge >= 0.3 is 0 Å². The van der Waals surface area contributed by atoms with E-state index >= 15 is 0 Å². The quantitative estimate of drug-likeness (QED) is 0.301. The van der Waals surface area contributed by atoms with Crippen molar-refractivity contribution in [1.82, 2.24) is 4.90 Å². The number of Topliss-reactive ketones (excluding diaryl/α,β-unsaturated/α-hetero) is 2. The van der Waals surface area contributed by atoms with Crippen LogP contribution < -0.4 is 5.73 Å². The number of phenols is 1. The molecule has 1 amide bonds. The number of fused-ring (bicyclic) bond motifs is 3. The molecule has 1 aromatic rings. The van der Waals surface area contributed by atoms with E-state index < -0.39 is 58.0 Å². The minimum atomic E-state index is -2.61. The first-order valence-electron chi connectivity index (χ1n) is 11.9. The molecule has 0 aromatic heterocycles. The molecule has 3 aliphatic carbocycles. The number of carbonyl (C=O) groups excluding carboxylic acids is 3. The van der Waals surface area contributed by atoms with E-state index in [4.69, 9.17) is 5.73 Å². The molecule has 0 bridgehead atoms. The van der Waals surface area contributed by atoms with Crippen LogP contribution in [0.2, 0.25) is 0 Å². The predicted octanol–water partition coefficient (Wildman–Crippen LogP) is 1.70. The number of primary amides is 1. The average Bonchev–Trinajstić information content (AvgIpc) is 2.77. The molecule has 188 valence electrons. The van der Waals surface area contributed by atoms with Gasteiger partial charge in [0.1, 0.15) is 22.8 Å². The zero-order chi connectivity index (χ0) is 25.8. The van der Waals surface area contributed by atoms with Crippen LogP contribution in [0.3, 0.4) is 0 Å². The molecule has 4 atom stereocenters. The summed E-state index contributed by atoms with van der Waals surface area (Å²) in [4.78, 5) is 40.4. The lowest BCUT2D eigenvalue weighted by atomic mass is 9.57. The second kappa shape index (κ2) is 8.80. The molecule has 1 unspecified atom stereocenters.